The lowest BCUT2D eigenvalue weighted by atomic mass is 10.1. The molecule has 1 heterocycles. The van der Waals surface area contributed by atoms with E-state index in [0.717, 1.165) is 11.3 Å². The van der Waals surface area contributed by atoms with Gasteiger partial charge in [0.25, 0.3) is 5.91 Å². The fourth-order valence-electron chi connectivity index (χ4n) is 1.51. The molecule has 2 amide bonds. The van der Waals surface area contributed by atoms with Gasteiger partial charge in [-0.2, -0.15) is 0 Å². The van der Waals surface area contributed by atoms with Crippen LogP contribution in [0, 0.1) is 5.82 Å². The van der Waals surface area contributed by atoms with Gasteiger partial charge in [0.15, 0.2) is 5.06 Å². The number of carbonyl (C=O) groups is 2. The maximum absolute atomic E-state index is 13.6. The zero-order chi connectivity index (χ0) is 14.0. The SMILES string of the molecule is NC(=O)Oc1sc(-c2ccccc2F)cc1C(N)=O. The number of hydrogen-bond donors (Lipinski definition) is 2. The summed E-state index contributed by atoms with van der Waals surface area (Å²) in [7, 11) is 0. The normalized spacial score (nSPS) is 10.2. The van der Waals surface area contributed by atoms with Gasteiger partial charge in [-0.3, -0.25) is 4.79 Å². The van der Waals surface area contributed by atoms with Crippen LogP contribution >= 0.6 is 11.3 Å². The van der Waals surface area contributed by atoms with Crippen LogP contribution in [0.2, 0.25) is 0 Å². The van der Waals surface area contributed by atoms with Crippen molar-refractivity contribution >= 4 is 23.3 Å². The maximum Gasteiger partial charge on any atom is 0.410 e. The van der Waals surface area contributed by atoms with Crippen LogP contribution in [0.15, 0.2) is 30.3 Å². The van der Waals surface area contributed by atoms with Gasteiger partial charge in [-0.25, -0.2) is 9.18 Å². The average molecular weight is 280 g/mol. The highest BCUT2D eigenvalue weighted by Crippen LogP contribution is 2.38. The molecule has 0 radical (unpaired) electrons. The third-order valence-corrected chi connectivity index (χ3v) is 3.34. The molecular weight excluding hydrogens is 271 g/mol. The van der Waals surface area contributed by atoms with Gasteiger partial charge < -0.3 is 16.2 Å². The molecule has 0 bridgehead atoms. The highest BCUT2D eigenvalue weighted by Gasteiger charge is 2.19. The van der Waals surface area contributed by atoms with Gasteiger partial charge in [0, 0.05) is 10.4 Å². The number of rotatable bonds is 3. The average Bonchev–Trinajstić information content (AvgIpc) is 2.72. The summed E-state index contributed by atoms with van der Waals surface area (Å²) in [4.78, 5) is 22.4. The number of ether oxygens (including phenoxy) is 1. The quantitative estimate of drug-likeness (QED) is 0.901. The Morgan fingerprint density at radius 3 is 2.47 bits per heavy atom. The van der Waals surface area contributed by atoms with E-state index in [1.807, 2.05) is 0 Å². The Balaban J connectivity index is 2.52. The minimum Gasteiger partial charge on any atom is -0.398 e. The molecule has 4 N–H and O–H groups in total. The number of thiophene rings is 1. The van der Waals surface area contributed by atoms with Gasteiger partial charge in [-0.05, 0) is 12.1 Å². The van der Waals surface area contributed by atoms with E-state index in [4.69, 9.17) is 11.5 Å². The lowest BCUT2D eigenvalue weighted by molar-refractivity contribution is 0.0999. The smallest absolute Gasteiger partial charge is 0.398 e. The molecule has 2 rings (SSSR count). The Labute approximate surface area is 111 Å². The summed E-state index contributed by atoms with van der Waals surface area (Å²) in [6.45, 7) is 0. The zero-order valence-corrected chi connectivity index (χ0v) is 10.4. The van der Waals surface area contributed by atoms with Crippen LogP contribution in [0.5, 0.6) is 5.06 Å². The summed E-state index contributed by atoms with van der Waals surface area (Å²) in [5.74, 6) is -1.24. The lowest BCUT2D eigenvalue weighted by Gasteiger charge is -1.98. The molecule has 0 aliphatic rings. The van der Waals surface area contributed by atoms with Gasteiger partial charge >= 0.3 is 6.09 Å². The molecule has 0 saturated carbocycles. The molecule has 2 aromatic rings. The highest BCUT2D eigenvalue weighted by atomic mass is 32.1. The number of carbonyl (C=O) groups excluding carboxylic acids is 2. The van der Waals surface area contributed by atoms with Crippen molar-refractivity contribution in [3.05, 3.63) is 41.7 Å². The molecule has 0 spiro atoms. The minimum absolute atomic E-state index is 0.0120. The molecule has 0 aliphatic heterocycles. The maximum atomic E-state index is 13.6. The van der Waals surface area contributed by atoms with E-state index in [-0.39, 0.29) is 16.2 Å². The third-order valence-electron chi connectivity index (χ3n) is 2.30. The Kier molecular flexibility index (Phi) is 3.48. The van der Waals surface area contributed by atoms with E-state index in [1.165, 1.54) is 12.1 Å². The van der Waals surface area contributed by atoms with Crippen molar-refractivity contribution in [3.8, 4) is 15.5 Å². The summed E-state index contributed by atoms with van der Waals surface area (Å²) in [6, 6.07) is 7.39. The first-order chi connectivity index (χ1) is 8.99. The van der Waals surface area contributed by atoms with Crippen LogP contribution in [0.4, 0.5) is 9.18 Å². The van der Waals surface area contributed by atoms with Gasteiger partial charge in [0.2, 0.25) is 0 Å². The van der Waals surface area contributed by atoms with E-state index >= 15 is 0 Å². The predicted molar refractivity (Wildman–Crippen MR) is 68.4 cm³/mol. The van der Waals surface area contributed by atoms with Crippen molar-refractivity contribution < 1.29 is 18.7 Å². The summed E-state index contributed by atoms with van der Waals surface area (Å²) in [5, 5.41) is -0.0433. The Morgan fingerprint density at radius 1 is 1.21 bits per heavy atom. The van der Waals surface area contributed by atoms with Crippen molar-refractivity contribution in [3.63, 3.8) is 0 Å². The molecule has 1 aromatic carbocycles. The Hall–Kier alpha value is -2.41. The van der Waals surface area contributed by atoms with Crippen molar-refractivity contribution in [2.45, 2.75) is 0 Å². The van der Waals surface area contributed by atoms with Crippen LogP contribution in [-0.4, -0.2) is 12.0 Å². The van der Waals surface area contributed by atoms with Crippen molar-refractivity contribution in [2.75, 3.05) is 0 Å². The first kappa shape index (κ1) is 13.0. The fourth-order valence-corrected chi connectivity index (χ4v) is 2.55. The van der Waals surface area contributed by atoms with Gasteiger partial charge in [0.1, 0.15) is 5.82 Å². The second kappa shape index (κ2) is 5.07. The van der Waals surface area contributed by atoms with E-state index in [1.54, 1.807) is 18.2 Å². The number of benzene rings is 1. The monoisotopic (exact) mass is 280 g/mol. The molecule has 0 unspecified atom stereocenters. The lowest BCUT2D eigenvalue weighted by Crippen LogP contribution is -2.18. The van der Waals surface area contributed by atoms with Gasteiger partial charge in [0.05, 0.1) is 5.56 Å². The standard InChI is InChI=1S/C12H9FN2O3S/c13-8-4-2-1-3-6(8)9-5-7(10(14)16)11(19-9)18-12(15)17/h1-5H,(H2,14,16)(H2,15,17). The third kappa shape index (κ3) is 2.71. The molecular formula is C12H9FN2O3S. The topological polar surface area (TPSA) is 95.4 Å². The Morgan fingerprint density at radius 2 is 1.89 bits per heavy atom. The minimum atomic E-state index is -1.07. The number of nitrogens with two attached hydrogens (primary N) is 2. The highest BCUT2D eigenvalue weighted by molar-refractivity contribution is 7.17. The zero-order valence-electron chi connectivity index (χ0n) is 9.55. The second-order valence-electron chi connectivity index (χ2n) is 3.58. The molecule has 7 heteroatoms. The largest absolute Gasteiger partial charge is 0.410 e. The van der Waals surface area contributed by atoms with Crippen LogP contribution in [0.3, 0.4) is 0 Å². The van der Waals surface area contributed by atoms with E-state index in [9.17, 15) is 14.0 Å². The molecule has 0 fully saturated rings. The van der Waals surface area contributed by atoms with E-state index in [2.05, 4.69) is 4.74 Å². The number of primary amides is 2. The molecule has 1 aromatic heterocycles. The van der Waals surface area contributed by atoms with Crippen LogP contribution in [0.25, 0.3) is 10.4 Å². The summed E-state index contributed by atoms with van der Waals surface area (Å²) in [5.41, 5.74) is 10.3. The van der Waals surface area contributed by atoms with E-state index in [0.29, 0.717) is 4.88 Å². The van der Waals surface area contributed by atoms with Crippen LogP contribution in [-0.2, 0) is 0 Å². The van der Waals surface area contributed by atoms with Crippen LogP contribution in [0.1, 0.15) is 10.4 Å². The van der Waals surface area contributed by atoms with Crippen molar-refractivity contribution in [1.82, 2.24) is 0 Å². The predicted octanol–water partition coefficient (Wildman–Crippen LogP) is 2.11. The molecule has 0 aliphatic carbocycles. The first-order valence-electron chi connectivity index (χ1n) is 5.15. The summed E-state index contributed by atoms with van der Waals surface area (Å²) < 4.78 is 18.3. The number of halogens is 1. The van der Waals surface area contributed by atoms with Gasteiger partial charge in [-0.1, -0.05) is 29.5 Å². The van der Waals surface area contributed by atoms with Crippen molar-refractivity contribution in [2.24, 2.45) is 11.5 Å². The molecule has 5 nitrogen and oxygen atoms in total. The van der Waals surface area contributed by atoms with Gasteiger partial charge in [-0.15, -0.1) is 0 Å². The number of hydrogen-bond acceptors (Lipinski definition) is 4. The number of amides is 2. The van der Waals surface area contributed by atoms with E-state index < -0.39 is 17.8 Å². The van der Waals surface area contributed by atoms with Crippen molar-refractivity contribution in [1.29, 1.82) is 0 Å². The first-order valence-corrected chi connectivity index (χ1v) is 5.96. The van der Waals surface area contributed by atoms with Crippen LogP contribution < -0.4 is 16.2 Å². The molecule has 0 atom stereocenters. The molecule has 19 heavy (non-hydrogen) atoms. The molecule has 98 valence electrons. The fraction of sp³-hybridized carbons (Fsp3) is 0. The Bertz CT molecular complexity index is 654. The molecule has 0 saturated heterocycles. The summed E-state index contributed by atoms with van der Waals surface area (Å²) in [6.07, 6.45) is -1.07. The second-order valence-corrected chi connectivity index (χ2v) is 4.59. The summed E-state index contributed by atoms with van der Waals surface area (Å²) >= 11 is 0.920.